The lowest BCUT2D eigenvalue weighted by atomic mass is 9.94. The van der Waals surface area contributed by atoms with Crippen molar-refractivity contribution in [2.24, 2.45) is 0 Å². The number of aliphatic hydroxyl groups is 1. The molecule has 2 aromatic rings. The van der Waals surface area contributed by atoms with Crippen LogP contribution in [0.3, 0.4) is 0 Å². The van der Waals surface area contributed by atoms with Crippen LogP contribution in [-0.2, 0) is 0 Å². The number of hydrogen-bond donors (Lipinski definition) is 1. The Morgan fingerprint density at radius 1 is 1.24 bits per heavy atom. The Morgan fingerprint density at radius 2 is 2.10 bits per heavy atom. The molecule has 2 aromatic carbocycles. The number of benzene rings is 2. The van der Waals surface area contributed by atoms with Gasteiger partial charge < -0.3 is 14.6 Å². The van der Waals surface area contributed by atoms with Crippen molar-refractivity contribution in [1.82, 2.24) is 0 Å². The molecule has 110 valence electrons. The third-order valence-electron chi connectivity index (χ3n) is 3.87. The van der Waals surface area contributed by atoms with Crippen LogP contribution in [0.1, 0.15) is 36.5 Å². The molecule has 0 spiro atoms. The first-order valence-electron chi connectivity index (χ1n) is 7.36. The van der Waals surface area contributed by atoms with Crippen LogP contribution in [-0.4, -0.2) is 18.3 Å². The van der Waals surface area contributed by atoms with E-state index in [1.54, 1.807) is 6.92 Å². The van der Waals surface area contributed by atoms with Gasteiger partial charge in [-0.05, 0) is 37.1 Å². The topological polar surface area (TPSA) is 38.7 Å². The Kier molecular flexibility index (Phi) is 4.11. The molecule has 1 heterocycles. The van der Waals surface area contributed by atoms with Crippen LogP contribution in [0.4, 0.5) is 0 Å². The molecule has 3 nitrogen and oxygen atoms in total. The Balaban J connectivity index is 1.70. The SMILES string of the molecule is CC(O)c1cccc(OCC2CCOc3ccccc32)c1. The molecule has 0 saturated carbocycles. The van der Waals surface area contributed by atoms with E-state index in [1.807, 2.05) is 42.5 Å². The molecule has 3 heteroatoms. The van der Waals surface area contributed by atoms with Crippen molar-refractivity contribution < 1.29 is 14.6 Å². The first-order valence-corrected chi connectivity index (χ1v) is 7.36. The van der Waals surface area contributed by atoms with E-state index < -0.39 is 6.10 Å². The summed E-state index contributed by atoms with van der Waals surface area (Å²) in [7, 11) is 0. The van der Waals surface area contributed by atoms with Crippen LogP contribution in [0.15, 0.2) is 48.5 Å². The molecule has 1 aliphatic rings. The van der Waals surface area contributed by atoms with Crippen LogP contribution in [0.2, 0.25) is 0 Å². The molecule has 0 aromatic heterocycles. The molecular formula is C18H20O3. The molecule has 2 unspecified atom stereocenters. The molecule has 0 saturated heterocycles. The van der Waals surface area contributed by atoms with E-state index >= 15 is 0 Å². The fraction of sp³-hybridized carbons (Fsp3) is 0.333. The minimum atomic E-state index is -0.475. The number of fused-ring (bicyclic) bond motifs is 1. The van der Waals surface area contributed by atoms with E-state index in [2.05, 4.69) is 6.07 Å². The quantitative estimate of drug-likeness (QED) is 0.930. The summed E-state index contributed by atoms with van der Waals surface area (Å²) < 4.78 is 11.6. The lowest BCUT2D eigenvalue weighted by Gasteiger charge is -2.25. The molecule has 0 amide bonds. The molecule has 0 radical (unpaired) electrons. The van der Waals surface area contributed by atoms with E-state index in [0.29, 0.717) is 12.5 Å². The smallest absolute Gasteiger partial charge is 0.122 e. The highest BCUT2D eigenvalue weighted by Crippen LogP contribution is 2.33. The number of hydrogen-bond acceptors (Lipinski definition) is 3. The lowest BCUT2D eigenvalue weighted by molar-refractivity contribution is 0.197. The molecular weight excluding hydrogens is 264 g/mol. The van der Waals surface area contributed by atoms with Crippen molar-refractivity contribution in [2.45, 2.75) is 25.4 Å². The molecule has 21 heavy (non-hydrogen) atoms. The van der Waals surface area contributed by atoms with E-state index in [0.717, 1.165) is 30.1 Å². The van der Waals surface area contributed by atoms with Gasteiger partial charge in [0.15, 0.2) is 0 Å². The van der Waals surface area contributed by atoms with Gasteiger partial charge in [0.2, 0.25) is 0 Å². The Bertz CT molecular complexity index is 607. The van der Waals surface area contributed by atoms with Crippen molar-refractivity contribution in [1.29, 1.82) is 0 Å². The zero-order chi connectivity index (χ0) is 14.7. The van der Waals surface area contributed by atoms with Gasteiger partial charge in [-0.3, -0.25) is 0 Å². The highest BCUT2D eigenvalue weighted by atomic mass is 16.5. The number of aliphatic hydroxyl groups excluding tert-OH is 1. The average molecular weight is 284 g/mol. The van der Waals surface area contributed by atoms with Gasteiger partial charge in [0.25, 0.3) is 0 Å². The van der Waals surface area contributed by atoms with Crippen LogP contribution in [0, 0.1) is 0 Å². The molecule has 1 aliphatic heterocycles. The number of rotatable bonds is 4. The van der Waals surface area contributed by atoms with E-state index in [9.17, 15) is 5.11 Å². The predicted molar refractivity (Wildman–Crippen MR) is 81.9 cm³/mol. The summed E-state index contributed by atoms with van der Waals surface area (Å²) in [5, 5.41) is 9.62. The first-order chi connectivity index (χ1) is 10.2. The zero-order valence-electron chi connectivity index (χ0n) is 12.2. The molecule has 2 atom stereocenters. The summed E-state index contributed by atoms with van der Waals surface area (Å²) >= 11 is 0. The van der Waals surface area contributed by atoms with Gasteiger partial charge in [0.1, 0.15) is 11.5 Å². The first kappa shape index (κ1) is 14.0. The Labute approximate surface area is 125 Å². The van der Waals surface area contributed by atoms with Gasteiger partial charge in [0, 0.05) is 11.5 Å². The molecule has 0 bridgehead atoms. The Hall–Kier alpha value is -2.00. The van der Waals surface area contributed by atoms with E-state index in [1.165, 1.54) is 5.56 Å². The summed E-state index contributed by atoms with van der Waals surface area (Å²) in [6.45, 7) is 3.12. The van der Waals surface area contributed by atoms with Crippen LogP contribution in [0.25, 0.3) is 0 Å². The van der Waals surface area contributed by atoms with Crippen molar-refractivity contribution in [2.75, 3.05) is 13.2 Å². The summed E-state index contributed by atoms with van der Waals surface area (Å²) in [6.07, 6.45) is 0.491. The van der Waals surface area contributed by atoms with Gasteiger partial charge >= 0.3 is 0 Å². The summed E-state index contributed by atoms with van der Waals surface area (Å²) in [4.78, 5) is 0. The second kappa shape index (κ2) is 6.19. The fourth-order valence-corrected chi connectivity index (χ4v) is 2.65. The maximum Gasteiger partial charge on any atom is 0.122 e. The molecule has 3 rings (SSSR count). The Morgan fingerprint density at radius 3 is 2.95 bits per heavy atom. The monoisotopic (exact) mass is 284 g/mol. The standard InChI is InChI=1S/C18H20O3/c1-13(19)14-5-4-6-16(11-14)21-12-15-9-10-20-18-8-3-2-7-17(15)18/h2-8,11,13,15,19H,9-10,12H2,1H3. The van der Waals surface area contributed by atoms with Crippen LogP contribution >= 0.6 is 0 Å². The lowest BCUT2D eigenvalue weighted by Crippen LogP contribution is -2.19. The summed E-state index contributed by atoms with van der Waals surface area (Å²) in [5.74, 6) is 2.12. The molecule has 0 fully saturated rings. The molecule has 0 aliphatic carbocycles. The highest BCUT2D eigenvalue weighted by Gasteiger charge is 2.21. The summed E-state index contributed by atoms with van der Waals surface area (Å²) in [5.41, 5.74) is 2.09. The largest absolute Gasteiger partial charge is 0.493 e. The predicted octanol–water partition coefficient (Wildman–Crippen LogP) is 3.69. The fourth-order valence-electron chi connectivity index (χ4n) is 2.65. The van der Waals surface area contributed by atoms with E-state index in [-0.39, 0.29) is 0 Å². The van der Waals surface area contributed by atoms with Crippen molar-refractivity contribution in [3.8, 4) is 11.5 Å². The highest BCUT2D eigenvalue weighted by molar-refractivity contribution is 5.38. The van der Waals surface area contributed by atoms with Crippen molar-refractivity contribution >= 4 is 0 Å². The minimum absolute atomic E-state index is 0.352. The molecule has 1 N–H and O–H groups in total. The van der Waals surface area contributed by atoms with Gasteiger partial charge in [-0.15, -0.1) is 0 Å². The van der Waals surface area contributed by atoms with Gasteiger partial charge in [-0.1, -0.05) is 30.3 Å². The van der Waals surface area contributed by atoms with E-state index in [4.69, 9.17) is 9.47 Å². The van der Waals surface area contributed by atoms with Gasteiger partial charge in [-0.2, -0.15) is 0 Å². The summed E-state index contributed by atoms with van der Waals surface area (Å²) in [6, 6.07) is 15.8. The average Bonchev–Trinajstić information content (AvgIpc) is 2.53. The minimum Gasteiger partial charge on any atom is -0.493 e. The van der Waals surface area contributed by atoms with Gasteiger partial charge in [0.05, 0.1) is 19.3 Å². The maximum atomic E-state index is 9.62. The second-order valence-electron chi connectivity index (χ2n) is 5.43. The maximum absolute atomic E-state index is 9.62. The van der Waals surface area contributed by atoms with Crippen molar-refractivity contribution in [3.05, 3.63) is 59.7 Å². The van der Waals surface area contributed by atoms with Gasteiger partial charge in [-0.25, -0.2) is 0 Å². The third kappa shape index (κ3) is 3.19. The van der Waals surface area contributed by atoms with Crippen molar-refractivity contribution in [3.63, 3.8) is 0 Å². The zero-order valence-corrected chi connectivity index (χ0v) is 12.2. The van der Waals surface area contributed by atoms with Crippen LogP contribution < -0.4 is 9.47 Å². The number of para-hydroxylation sites is 1. The number of ether oxygens (including phenoxy) is 2. The second-order valence-corrected chi connectivity index (χ2v) is 5.43. The normalized spacial score (nSPS) is 18.5. The third-order valence-corrected chi connectivity index (χ3v) is 3.87. The van der Waals surface area contributed by atoms with Crippen LogP contribution in [0.5, 0.6) is 11.5 Å².